The molecule has 1 aliphatic heterocycles. The molecule has 292 valence electrons. The van der Waals surface area contributed by atoms with E-state index in [4.69, 9.17) is 0 Å². The maximum Gasteiger partial charge on any atom is 0.326 e. The summed E-state index contributed by atoms with van der Waals surface area (Å²) >= 11 is 0. The van der Waals surface area contributed by atoms with Crippen LogP contribution in [0.1, 0.15) is 89.7 Å². The number of likely N-dealkylation sites (tertiary alicyclic amines) is 1. The van der Waals surface area contributed by atoms with Crippen LogP contribution in [0.2, 0.25) is 0 Å². The number of ketones is 1. The normalized spacial score (nSPS) is 20.2. The van der Waals surface area contributed by atoms with Crippen LogP contribution in [-0.4, -0.2) is 98.0 Å². The van der Waals surface area contributed by atoms with E-state index in [1.54, 1.807) is 71.9 Å². The van der Waals surface area contributed by atoms with Crippen LogP contribution in [-0.2, 0) is 35.2 Å². The minimum atomic E-state index is -1.37. The van der Waals surface area contributed by atoms with Gasteiger partial charge in [-0.25, -0.2) is 9.78 Å². The Bertz CT molecular complexity index is 1680. The van der Waals surface area contributed by atoms with Crippen molar-refractivity contribution < 1.29 is 38.7 Å². The quantitative estimate of drug-likeness (QED) is 0.158. The van der Waals surface area contributed by atoms with Crippen molar-refractivity contribution in [3.8, 4) is 0 Å². The van der Waals surface area contributed by atoms with E-state index >= 15 is 0 Å². The van der Waals surface area contributed by atoms with E-state index in [2.05, 4.69) is 31.2 Å². The number of benzene rings is 1. The zero-order valence-electron chi connectivity index (χ0n) is 31.8. The van der Waals surface area contributed by atoms with Crippen molar-refractivity contribution >= 4 is 41.3 Å². The minimum absolute atomic E-state index is 0.0219. The molecule has 7 atom stereocenters. The lowest BCUT2D eigenvalue weighted by Gasteiger charge is -2.37. The number of carboxylic acids is 1. The molecule has 0 spiro atoms. The number of hydrogen-bond donors (Lipinski definition) is 5. The number of aromatic nitrogens is 2. The number of aliphatic carboxylic acids is 1. The molecule has 0 radical (unpaired) electrons. The minimum Gasteiger partial charge on any atom is -0.480 e. The van der Waals surface area contributed by atoms with Crippen molar-refractivity contribution in [3.05, 3.63) is 60.2 Å². The first-order chi connectivity index (χ1) is 25.5. The number of nitrogens with one attached hydrogen (secondary N) is 4. The van der Waals surface area contributed by atoms with Crippen LogP contribution in [0.3, 0.4) is 0 Å². The highest BCUT2D eigenvalue weighted by molar-refractivity contribution is 6.38. The Kier molecular flexibility index (Phi) is 14.0. The lowest BCUT2D eigenvalue weighted by atomic mass is 9.85. The van der Waals surface area contributed by atoms with E-state index in [1.165, 1.54) is 23.5 Å². The van der Waals surface area contributed by atoms with Crippen LogP contribution < -0.4 is 21.3 Å². The average molecular weight is 748 g/mol. The molecule has 2 aliphatic rings. The van der Waals surface area contributed by atoms with Gasteiger partial charge < -0.3 is 31.3 Å². The lowest BCUT2D eigenvalue weighted by molar-refractivity contribution is -0.147. The van der Waals surface area contributed by atoms with Gasteiger partial charge in [-0.1, -0.05) is 84.7 Å². The Morgan fingerprint density at radius 1 is 0.926 bits per heavy atom. The van der Waals surface area contributed by atoms with Crippen LogP contribution in [0.15, 0.2) is 48.9 Å². The fraction of sp³-hybridized carbons (Fsp3) is 0.564. The van der Waals surface area contributed by atoms with Gasteiger partial charge in [0.1, 0.15) is 29.9 Å². The van der Waals surface area contributed by atoms with Crippen molar-refractivity contribution in [2.75, 3.05) is 6.54 Å². The smallest absolute Gasteiger partial charge is 0.326 e. The lowest BCUT2D eigenvalue weighted by Crippen LogP contribution is -2.62. The second-order valence-corrected chi connectivity index (χ2v) is 15.7. The molecule has 1 aliphatic carbocycles. The summed E-state index contributed by atoms with van der Waals surface area (Å²) in [6, 6.07) is 2.98. The number of rotatable bonds is 16. The van der Waals surface area contributed by atoms with E-state index in [0.29, 0.717) is 18.4 Å². The molecule has 1 saturated carbocycles. The van der Waals surface area contributed by atoms with Gasteiger partial charge in [0.2, 0.25) is 23.5 Å². The van der Waals surface area contributed by atoms with E-state index in [9.17, 15) is 38.7 Å². The van der Waals surface area contributed by atoms with Gasteiger partial charge in [0.25, 0.3) is 11.8 Å². The molecule has 2 fully saturated rings. The van der Waals surface area contributed by atoms with E-state index in [0.717, 1.165) is 12.8 Å². The SMILES string of the molecule is CCCC(NC(=O)C1[C@H]2CCC[C@H]2CN1C(=O)[C@@H](NC(=O)[C@H](NC(=O)c1cnccn1)C(C)C)C(C)(C)C)C(=O)C(=O)N[C@H](Cc1ccccc1)C(=O)O. The van der Waals surface area contributed by atoms with E-state index in [-0.39, 0.29) is 42.8 Å². The highest BCUT2D eigenvalue weighted by atomic mass is 16.4. The summed E-state index contributed by atoms with van der Waals surface area (Å²) in [6.45, 7) is 11.0. The van der Waals surface area contributed by atoms with Crippen molar-refractivity contribution in [2.24, 2.45) is 23.2 Å². The van der Waals surface area contributed by atoms with Gasteiger partial charge in [-0.05, 0) is 48.0 Å². The topological polar surface area (TPSA) is 217 Å². The summed E-state index contributed by atoms with van der Waals surface area (Å²) in [4.78, 5) is 103. The third-order valence-electron chi connectivity index (χ3n) is 10.2. The summed E-state index contributed by atoms with van der Waals surface area (Å²) in [5.74, 6) is -6.20. The van der Waals surface area contributed by atoms with Gasteiger partial charge >= 0.3 is 5.97 Å². The maximum atomic E-state index is 14.5. The molecule has 15 nitrogen and oxygen atoms in total. The van der Waals surface area contributed by atoms with Gasteiger partial charge in [0, 0.05) is 25.4 Å². The van der Waals surface area contributed by atoms with Crippen LogP contribution in [0, 0.1) is 23.2 Å². The number of fused-ring (bicyclic) bond motifs is 1. The Hall–Kier alpha value is -5.21. The second kappa shape index (κ2) is 18.2. The van der Waals surface area contributed by atoms with Crippen LogP contribution in [0.25, 0.3) is 0 Å². The summed E-state index contributed by atoms with van der Waals surface area (Å²) < 4.78 is 0. The Balaban J connectivity index is 1.52. The van der Waals surface area contributed by atoms with Crippen molar-refractivity contribution in [2.45, 2.75) is 110 Å². The van der Waals surface area contributed by atoms with Gasteiger partial charge in [-0.3, -0.25) is 33.8 Å². The molecule has 4 rings (SSSR count). The number of Topliss-reactive ketones (excluding diaryl/α,β-unsaturated/α-hetero) is 1. The molecule has 2 heterocycles. The third kappa shape index (κ3) is 10.3. The molecule has 0 bridgehead atoms. The van der Waals surface area contributed by atoms with Gasteiger partial charge in [-0.15, -0.1) is 0 Å². The van der Waals surface area contributed by atoms with E-state index in [1.807, 2.05) is 0 Å². The third-order valence-corrected chi connectivity index (χ3v) is 10.2. The van der Waals surface area contributed by atoms with E-state index < -0.39 is 76.9 Å². The molecule has 2 unspecified atom stereocenters. The molecule has 5 N–H and O–H groups in total. The number of hydrogen-bond acceptors (Lipinski definition) is 9. The number of carbonyl (C=O) groups is 7. The predicted molar refractivity (Wildman–Crippen MR) is 197 cm³/mol. The fourth-order valence-corrected chi connectivity index (χ4v) is 7.33. The summed E-state index contributed by atoms with van der Waals surface area (Å²) in [5, 5.41) is 20.4. The molecule has 15 heteroatoms. The molecule has 1 saturated heterocycles. The fourth-order valence-electron chi connectivity index (χ4n) is 7.33. The molecule has 1 aromatic carbocycles. The first kappa shape index (κ1) is 41.5. The zero-order chi connectivity index (χ0) is 39.7. The van der Waals surface area contributed by atoms with Gasteiger partial charge in [-0.2, -0.15) is 0 Å². The average Bonchev–Trinajstić information content (AvgIpc) is 3.73. The first-order valence-corrected chi connectivity index (χ1v) is 18.6. The van der Waals surface area contributed by atoms with Gasteiger partial charge in [0.05, 0.1) is 12.2 Å². The number of amides is 5. The van der Waals surface area contributed by atoms with Crippen molar-refractivity contribution in [1.82, 2.24) is 36.1 Å². The summed E-state index contributed by atoms with van der Waals surface area (Å²) in [6.07, 6.45) is 6.90. The number of carboxylic acid groups (broad SMARTS) is 1. The monoisotopic (exact) mass is 747 g/mol. The molecule has 54 heavy (non-hydrogen) atoms. The molecule has 2 aromatic rings. The van der Waals surface area contributed by atoms with Crippen molar-refractivity contribution in [1.29, 1.82) is 0 Å². The largest absolute Gasteiger partial charge is 0.480 e. The van der Waals surface area contributed by atoms with Crippen LogP contribution in [0.5, 0.6) is 0 Å². The second-order valence-electron chi connectivity index (χ2n) is 15.7. The Morgan fingerprint density at radius 2 is 1.63 bits per heavy atom. The Labute approximate surface area is 315 Å². The molecular weight excluding hydrogens is 694 g/mol. The summed E-state index contributed by atoms with van der Waals surface area (Å²) in [7, 11) is 0. The maximum absolute atomic E-state index is 14.5. The molecular formula is C39H53N7O8. The predicted octanol–water partition coefficient (Wildman–Crippen LogP) is 2.06. The first-order valence-electron chi connectivity index (χ1n) is 18.6. The molecule has 5 amide bonds. The van der Waals surface area contributed by atoms with Crippen LogP contribution in [0.4, 0.5) is 0 Å². The Morgan fingerprint density at radius 3 is 2.22 bits per heavy atom. The highest BCUT2D eigenvalue weighted by Crippen LogP contribution is 2.43. The number of carbonyl (C=O) groups excluding carboxylic acids is 6. The zero-order valence-corrected chi connectivity index (χ0v) is 31.8. The molecule has 1 aromatic heterocycles. The summed E-state index contributed by atoms with van der Waals surface area (Å²) in [5.41, 5.74) is -0.131. The van der Waals surface area contributed by atoms with Crippen molar-refractivity contribution in [3.63, 3.8) is 0 Å². The highest BCUT2D eigenvalue weighted by Gasteiger charge is 2.52. The standard InChI is InChI=1S/C39H53N7O8/c1-7-12-26(31(47)36(51)43-27(38(53)54)19-23-13-9-8-10-14-23)42-35(50)30-25-16-11-15-24(25)21-46(30)37(52)32(39(4,5)6)45-34(49)29(22(2)3)44-33(48)28-20-40-17-18-41-28/h8-10,13-14,17-18,20,22,24-27,29-30,32H,7,11-12,15-16,19,21H2,1-6H3,(H,42,50)(H,43,51)(H,44,48)(H,45,49)(H,53,54)/t24-,25-,26?,27+,29+,30?,32+/m0/s1. The van der Waals surface area contributed by atoms with Gasteiger partial charge in [0.15, 0.2) is 0 Å². The van der Waals surface area contributed by atoms with Crippen LogP contribution >= 0.6 is 0 Å². The number of nitrogens with zero attached hydrogens (tertiary/aromatic N) is 3.